The molecule has 0 atom stereocenters. The van der Waals surface area contributed by atoms with Gasteiger partial charge >= 0.3 is 0 Å². The third-order valence-electron chi connectivity index (χ3n) is 3.53. The number of hydrogen-bond acceptors (Lipinski definition) is 1. The highest BCUT2D eigenvalue weighted by molar-refractivity contribution is 6.31. The summed E-state index contributed by atoms with van der Waals surface area (Å²) in [6, 6.07) is 4.20. The van der Waals surface area contributed by atoms with Gasteiger partial charge in [0, 0.05) is 10.6 Å². The van der Waals surface area contributed by atoms with Crippen molar-refractivity contribution in [3.8, 4) is 0 Å². The summed E-state index contributed by atoms with van der Waals surface area (Å²) >= 11 is 6.03. The molecule has 0 bridgehead atoms. The topological polar surface area (TPSA) is 20.2 Å². The maximum absolute atomic E-state index is 13.2. The summed E-state index contributed by atoms with van der Waals surface area (Å²) in [4.78, 5) is 0. The molecule has 1 N–H and O–H groups in total. The molecule has 0 aliphatic heterocycles. The Balaban J connectivity index is 2.32. The second-order valence-electron chi connectivity index (χ2n) is 4.84. The Labute approximate surface area is 100 Å². The van der Waals surface area contributed by atoms with E-state index in [1.54, 1.807) is 0 Å². The zero-order chi connectivity index (χ0) is 11.8. The third-order valence-corrected chi connectivity index (χ3v) is 3.86. The average Bonchev–Trinajstić information content (AvgIpc) is 2.26. The molecule has 0 heterocycles. The van der Waals surface area contributed by atoms with Crippen molar-refractivity contribution >= 4 is 11.6 Å². The summed E-state index contributed by atoms with van der Waals surface area (Å²) in [5.74, 6) is 0.291. The average molecular weight is 243 g/mol. The van der Waals surface area contributed by atoms with Gasteiger partial charge in [0.05, 0.1) is 5.60 Å². The van der Waals surface area contributed by atoms with Gasteiger partial charge in [-0.1, -0.05) is 18.5 Å². The van der Waals surface area contributed by atoms with Gasteiger partial charge in [-0.05, 0) is 49.8 Å². The van der Waals surface area contributed by atoms with Crippen LogP contribution in [0.2, 0.25) is 5.02 Å². The van der Waals surface area contributed by atoms with Crippen molar-refractivity contribution in [1.82, 2.24) is 0 Å². The lowest BCUT2D eigenvalue weighted by Crippen LogP contribution is -2.31. The summed E-state index contributed by atoms with van der Waals surface area (Å²) < 4.78 is 13.2. The zero-order valence-electron chi connectivity index (χ0n) is 9.34. The first-order valence-corrected chi connectivity index (χ1v) is 6.07. The molecule has 3 heteroatoms. The molecular weight excluding hydrogens is 227 g/mol. The second-order valence-corrected chi connectivity index (χ2v) is 5.25. The van der Waals surface area contributed by atoms with Crippen LogP contribution in [0.1, 0.15) is 38.2 Å². The highest BCUT2D eigenvalue weighted by Gasteiger charge is 2.35. The predicted octanol–water partition coefficient (Wildman–Crippen LogP) is 3.88. The first-order chi connectivity index (χ1) is 7.51. The van der Waals surface area contributed by atoms with Gasteiger partial charge in [0.25, 0.3) is 0 Å². The molecule has 1 nitrogen and oxygen atoms in total. The fraction of sp³-hybridized carbons (Fsp3) is 0.538. The summed E-state index contributed by atoms with van der Waals surface area (Å²) in [6.07, 6.45) is 3.25. The highest BCUT2D eigenvalue weighted by atomic mass is 35.5. The van der Waals surface area contributed by atoms with E-state index in [0.29, 0.717) is 29.3 Å². The van der Waals surface area contributed by atoms with Gasteiger partial charge < -0.3 is 5.11 Å². The Morgan fingerprint density at radius 2 is 2.00 bits per heavy atom. The van der Waals surface area contributed by atoms with E-state index in [2.05, 4.69) is 6.92 Å². The van der Waals surface area contributed by atoms with E-state index in [4.69, 9.17) is 11.6 Å². The van der Waals surface area contributed by atoms with E-state index in [0.717, 1.165) is 12.8 Å². The van der Waals surface area contributed by atoms with Gasteiger partial charge in [0.2, 0.25) is 0 Å². The molecule has 1 aliphatic carbocycles. The van der Waals surface area contributed by atoms with Crippen LogP contribution in [0.5, 0.6) is 0 Å². The fourth-order valence-corrected chi connectivity index (χ4v) is 2.66. The minimum Gasteiger partial charge on any atom is -0.385 e. The van der Waals surface area contributed by atoms with E-state index < -0.39 is 5.60 Å². The molecule has 0 aromatic heterocycles. The van der Waals surface area contributed by atoms with Gasteiger partial charge in [-0.3, -0.25) is 0 Å². The molecule has 88 valence electrons. The Kier molecular flexibility index (Phi) is 3.22. The minimum absolute atomic E-state index is 0.341. The number of halogens is 2. The van der Waals surface area contributed by atoms with Crippen molar-refractivity contribution in [2.45, 2.75) is 38.2 Å². The Morgan fingerprint density at radius 1 is 1.38 bits per heavy atom. The largest absolute Gasteiger partial charge is 0.385 e. The van der Waals surface area contributed by atoms with Crippen LogP contribution in [0.4, 0.5) is 4.39 Å². The van der Waals surface area contributed by atoms with Crippen LogP contribution in [0, 0.1) is 11.7 Å². The molecule has 1 saturated carbocycles. The van der Waals surface area contributed by atoms with E-state index in [9.17, 15) is 9.50 Å². The molecule has 0 saturated heterocycles. The molecule has 0 unspecified atom stereocenters. The van der Waals surface area contributed by atoms with Crippen LogP contribution in [0.15, 0.2) is 18.2 Å². The smallest absolute Gasteiger partial charge is 0.123 e. The van der Waals surface area contributed by atoms with Crippen LogP contribution < -0.4 is 0 Å². The normalized spacial score (nSPS) is 30.4. The van der Waals surface area contributed by atoms with Crippen LogP contribution in [0.25, 0.3) is 0 Å². The third kappa shape index (κ3) is 2.23. The maximum atomic E-state index is 13.2. The van der Waals surface area contributed by atoms with Crippen molar-refractivity contribution in [2.75, 3.05) is 0 Å². The summed E-state index contributed by atoms with van der Waals surface area (Å²) in [5, 5.41) is 11.0. The fourth-order valence-electron chi connectivity index (χ4n) is 2.36. The molecule has 1 aliphatic rings. The Bertz CT molecular complexity index is 384. The van der Waals surface area contributed by atoms with Gasteiger partial charge in [-0.2, -0.15) is 0 Å². The lowest BCUT2D eigenvalue weighted by molar-refractivity contribution is -0.0121. The molecule has 1 aromatic rings. The number of rotatable bonds is 1. The first kappa shape index (κ1) is 11.9. The Hall–Kier alpha value is -0.600. The van der Waals surface area contributed by atoms with Crippen LogP contribution in [-0.2, 0) is 5.60 Å². The molecule has 0 amide bonds. The Morgan fingerprint density at radius 3 is 2.62 bits per heavy atom. The van der Waals surface area contributed by atoms with E-state index in [1.807, 2.05) is 0 Å². The van der Waals surface area contributed by atoms with E-state index >= 15 is 0 Å². The zero-order valence-corrected chi connectivity index (χ0v) is 10.1. The lowest BCUT2D eigenvalue weighted by atomic mass is 9.76. The highest BCUT2D eigenvalue weighted by Crippen LogP contribution is 2.41. The molecular formula is C13H16ClFO. The lowest BCUT2D eigenvalue weighted by Gasteiger charge is -2.35. The number of hydrogen-bond donors (Lipinski definition) is 1. The molecule has 1 aromatic carbocycles. The number of aliphatic hydroxyl groups is 1. The molecule has 2 rings (SSSR count). The second kappa shape index (κ2) is 4.34. The van der Waals surface area contributed by atoms with Crippen molar-refractivity contribution in [1.29, 1.82) is 0 Å². The standard InChI is InChI=1S/C13H16ClFO/c1-9-4-6-13(16,7-5-9)11-8-10(15)2-3-12(11)14/h2-3,8-9,16H,4-7H2,1H3. The first-order valence-electron chi connectivity index (χ1n) is 5.69. The van der Waals surface area contributed by atoms with E-state index in [-0.39, 0.29) is 5.82 Å². The monoisotopic (exact) mass is 242 g/mol. The van der Waals surface area contributed by atoms with Gasteiger partial charge in [0.1, 0.15) is 5.82 Å². The van der Waals surface area contributed by atoms with Crippen molar-refractivity contribution in [3.05, 3.63) is 34.6 Å². The van der Waals surface area contributed by atoms with Gasteiger partial charge in [-0.25, -0.2) is 4.39 Å². The molecule has 16 heavy (non-hydrogen) atoms. The molecule has 1 fully saturated rings. The summed E-state index contributed by atoms with van der Waals surface area (Å²) in [6.45, 7) is 2.17. The van der Waals surface area contributed by atoms with Crippen molar-refractivity contribution < 1.29 is 9.50 Å². The molecule has 0 radical (unpaired) electrons. The van der Waals surface area contributed by atoms with Crippen LogP contribution in [0.3, 0.4) is 0 Å². The SMILES string of the molecule is CC1CCC(O)(c2cc(F)ccc2Cl)CC1. The summed E-state index contributed by atoms with van der Waals surface area (Å²) in [7, 11) is 0. The quantitative estimate of drug-likeness (QED) is 0.793. The van der Waals surface area contributed by atoms with Crippen LogP contribution >= 0.6 is 11.6 Å². The molecule has 0 spiro atoms. The van der Waals surface area contributed by atoms with Gasteiger partial charge in [0.15, 0.2) is 0 Å². The van der Waals surface area contributed by atoms with Crippen molar-refractivity contribution in [3.63, 3.8) is 0 Å². The van der Waals surface area contributed by atoms with Crippen molar-refractivity contribution in [2.24, 2.45) is 5.92 Å². The summed E-state index contributed by atoms with van der Waals surface area (Å²) in [5.41, 5.74) is -0.396. The van der Waals surface area contributed by atoms with Crippen LogP contribution in [-0.4, -0.2) is 5.11 Å². The predicted molar refractivity (Wildman–Crippen MR) is 62.9 cm³/mol. The van der Waals surface area contributed by atoms with Gasteiger partial charge in [-0.15, -0.1) is 0 Å². The number of benzene rings is 1. The minimum atomic E-state index is -0.939. The van der Waals surface area contributed by atoms with E-state index in [1.165, 1.54) is 18.2 Å². The maximum Gasteiger partial charge on any atom is 0.123 e.